The van der Waals surface area contributed by atoms with Gasteiger partial charge in [0.2, 0.25) is 0 Å². The van der Waals surface area contributed by atoms with Gasteiger partial charge in [0.05, 0.1) is 13.2 Å². The smallest absolute Gasteiger partial charge is 0.119 e. The van der Waals surface area contributed by atoms with E-state index in [1.54, 1.807) is 11.3 Å². The summed E-state index contributed by atoms with van der Waals surface area (Å²) in [4.78, 5) is 1.29. The van der Waals surface area contributed by atoms with Crippen molar-refractivity contribution in [2.45, 2.75) is 64.6 Å². The number of epoxide rings is 1. The number of hydrogen-bond acceptors (Lipinski definition) is 5. The summed E-state index contributed by atoms with van der Waals surface area (Å²) in [5.74, 6) is 4.94. The van der Waals surface area contributed by atoms with Crippen LogP contribution in [0.1, 0.15) is 53.0 Å². The zero-order valence-corrected chi connectivity index (χ0v) is 22.1. The van der Waals surface area contributed by atoms with E-state index in [-0.39, 0.29) is 12.2 Å². The van der Waals surface area contributed by atoms with Crippen molar-refractivity contribution in [3.8, 4) is 5.75 Å². The van der Waals surface area contributed by atoms with Crippen molar-refractivity contribution >= 4 is 23.1 Å². The van der Waals surface area contributed by atoms with E-state index in [1.807, 2.05) is 11.8 Å². The van der Waals surface area contributed by atoms with Gasteiger partial charge in [-0.05, 0) is 58.7 Å². The molecule has 3 unspecified atom stereocenters. The van der Waals surface area contributed by atoms with Crippen LogP contribution in [0.2, 0.25) is 0 Å². The molecule has 0 bridgehead atoms. The Balaban J connectivity index is 1.60. The second-order valence-electron chi connectivity index (χ2n) is 9.90. The monoisotopic (exact) mass is 476 g/mol. The molecule has 0 radical (unpaired) electrons. The highest BCUT2D eigenvalue weighted by Gasteiger charge is 2.31. The number of ether oxygens (including phenoxy) is 3. The molecule has 0 spiro atoms. The van der Waals surface area contributed by atoms with E-state index in [2.05, 4.69) is 82.6 Å². The molecule has 1 aromatic carbocycles. The van der Waals surface area contributed by atoms with Gasteiger partial charge >= 0.3 is 0 Å². The lowest BCUT2D eigenvalue weighted by Gasteiger charge is -2.36. The van der Waals surface area contributed by atoms with Crippen LogP contribution in [0.3, 0.4) is 0 Å². The lowest BCUT2D eigenvalue weighted by molar-refractivity contribution is 0.0270. The van der Waals surface area contributed by atoms with Crippen molar-refractivity contribution in [2.75, 3.05) is 25.6 Å². The van der Waals surface area contributed by atoms with Gasteiger partial charge in [0.1, 0.15) is 24.6 Å². The summed E-state index contributed by atoms with van der Waals surface area (Å²) in [6, 6.07) is 11.0. The summed E-state index contributed by atoms with van der Waals surface area (Å²) < 4.78 is 17.6. The Morgan fingerprint density at radius 2 is 1.69 bits per heavy atom. The first-order valence-electron chi connectivity index (χ1n) is 12.0. The molecule has 1 saturated heterocycles. The van der Waals surface area contributed by atoms with E-state index < -0.39 is 0 Å². The molecule has 5 heteroatoms. The van der Waals surface area contributed by atoms with E-state index >= 15 is 0 Å². The second-order valence-corrected chi connectivity index (χ2v) is 11.8. The fraction of sp³-hybridized carbons (Fsp3) is 0.630. The van der Waals surface area contributed by atoms with Crippen LogP contribution in [0.25, 0.3) is 0 Å². The largest absolute Gasteiger partial charge is 0.491 e. The van der Waals surface area contributed by atoms with E-state index in [1.165, 1.54) is 10.5 Å². The molecular weight excluding hydrogens is 436 g/mol. The van der Waals surface area contributed by atoms with Gasteiger partial charge in [-0.2, -0.15) is 11.3 Å². The normalized spacial score (nSPS) is 18.0. The van der Waals surface area contributed by atoms with E-state index in [9.17, 15) is 0 Å². The van der Waals surface area contributed by atoms with Gasteiger partial charge in [-0.15, -0.1) is 11.8 Å². The minimum Gasteiger partial charge on any atom is -0.491 e. The van der Waals surface area contributed by atoms with Gasteiger partial charge in [-0.25, -0.2) is 0 Å². The summed E-state index contributed by atoms with van der Waals surface area (Å²) in [6.45, 7) is 16.2. The lowest BCUT2D eigenvalue weighted by atomic mass is 9.68. The first-order chi connectivity index (χ1) is 15.3. The van der Waals surface area contributed by atoms with E-state index in [0.717, 1.165) is 18.1 Å². The van der Waals surface area contributed by atoms with Gasteiger partial charge in [-0.1, -0.05) is 53.7 Å². The zero-order chi connectivity index (χ0) is 23.1. The number of thioether (sulfide) groups is 1. The van der Waals surface area contributed by atoms with Crippen LogP contribution in [0, 0.1) is 23.7 Å². The maximum absolute atomic E-state index is 6.16. The highest BCUT2D eigenvalue weighted by atomic mass is 32.2. The molecule has 3 nitrogen and oxygen atoms in total. The maximum Gasteiger partial charge on any atom is 0.119 e. The summed E-state index contributed by atoms with van der Waals surface area (Å²) in [5, 5.41) is 4.29. The Kier molecular flexibility index (Phi) is 9.97. The molecule has 1 aromatic heterocycles. The van der Waals surface area contributed by atoms with Crippen molar-refractivity contribution < 1.29 is 14.2 Å². The summed E-state index contributed by atoms with van der Waals surface area (Å²) in [6.07, 6.45) is 0.309. The third kappa shape index (κ3) is 7.79. The fourth-order valence-electron chi connectivity index (χ4n) is 4.70. The molecular formula is C27H40O3S2. The molecule has 2 aromatic rings. The predicted molar refractivity (Wildman–Crippen MR) is 137 cm³/mol. The second kappa shape index (κ2) is 12.5. The molecule has 3 atom stereocenters. The van der Waals surface area contributed by atoms with Crippen LogP contribution in [0.4, 0.5) is 0 Å². The van der Waals surface area contributed by atoms with Crippen LogP contribution in [-0.4, -0.2) is 37.8 Å². The highest BCUT2D eigenvalue weighted by molar-refractivity contribution is 7.99. The molecule has 0 N–H and O–H groups in total. The standard InChI is InChI=1S/C27H40O3S2/c1-18(2)26(19(3)4)27(20(5)6)21-7-9-22(10-8-21)28-15-24(30-14-23-13-29-23)16-32-25-11-12-31-17-25/h7-12,17-20,23-24,26-27H,13-16H2,1-6H3. The van der Waals surface area contributed by atoms with Crippen molar-refractivity contribution in [1.29, 1.82) is 0 Å². The molecule has 0 aliphatic carbocycles. The molecule has 0 saturated carbocycles. The fourth-order valence-corrected chi connectivity index (χ4v) is 6.48. The number of benzene rings is 1. The third-order valence-corrected chi connectivity index (χ3v) is 8.18. The molecule has 178 valence electrons. The van der Waals surface area contributed by atoms with Crippen molar-refractivity contribution in [3.63, 3.8) is 0 Å². The zero-order valence-electron chi connectivity index (χ0n) is 20.5. The Morgan fingerprint density at radius 3 is 2.22 bits per heavy atom. The van der Waals surface area contributed by atoms with Crippen molar-refractivity contribution in [1.82, 2.24) is 0 Å². The Labute approximate surface area is 203 Å². The van der Waals surface area contributed by atoms with Crippen molar-refractivity contribution in [2.24, 2.45) is 23.7 Å². The van der Waals surface area contributed by atoms with Gasteiger partial charge in [0.25, 0.3) is 0 Å². The molecule has 1 fully saturated rings. The molecule has 3 rings (SSSR count). The number of rotatable bonds is 14. The molecule has 1 aliphatic heterocycles. The van der Waals surface area contributed by atoms with Crippen LogP contribution in [0.5, 0.6) is 5.75 Å². The van der Waals surface area contributed by atoms with Crippen LogP contribution >= 0.6 is 23.1 Å². The van der Waals surface area contributed by atoms with Crippen molar-refractivity contribution in [3.05, 3.63) is 46.7 Å². The lowest BCUT2D eigenvalue weighted by Crippen LogP contribution is -2.27. The molecule has 2 heterocycles. The Morgan fingerprint density at radius 1 is 1.00 bits per heavy atom. The average molecular weight is 477 g/mol. The summed E-state index contributed by atoms with van der Waals surface area (Å²) in [7, 11) is 0. The minimum atomic E-state index is 0.0402. The Hall–Kier alpha value is -1.01. The van der Waals surface area contributed by atoms with Gasteiger partial charge in [0, 0.05) is 16.0 Å². The molecule has 0 amide bonds. The quantitative estimate of drug-likeness (QED) is 0.210. The molecule has 32 heavy (non-hydrogen) atoms. The number of thiophene rings is 1. The molecule has 1 aliphatic rings. The van der Waals surface area contributed by atoms with Crippen LogP contribution in [-0.2, 0) is 9.47 Å². The third-order valence-electron chi connectivity index (χ3n) is 6.22. The first-order valence-corrected chi connectivity index (χ1v) is 13.9. The minimum absolute atomic E-state index is 0.0402. The van der Waals surface area contributed by atoms with Gasteiger partial charge in [0.15, 0.2) is 0 Å². The van der Waals surface area contributed by atoms with Crippen LogP contribution < -0.4 is 4.74 Å². The highest BCUT2D eigenvalue weighted by Crippen LogP contribution is 2.41. The van der Waals surface area contributed by atoms with Gasteiger partial charge in [-0.3, -0.25) is 0 Å². The Bertz CT molecular complexity index is 759. The maximum atomic E-state index is 6.16. The van der Waals surface area contributed by atoms with Gasteiger partial charge < -0.3 is 14.2 Å². The number of hydrogen-bond donors (Lipinski definition) is 0. The predicted octanol–water partition coefficient (Wildman–Crippen LogP) is 7.37. The summed E-state index contributed by atoms with van der Waals surface area (Å²) >= 11 is 3.55. The van der Waals surface area contributed by atoms with E-state index in [4.69, 9.17) is 14.2 Å². The SMILES string of the molecule is CC(C)C(c1ccc(OCC(CSc2ccsc2)OCC2CO2)cc1)C(C(C)C)C(C)C. The topological polar surface area (TPSA) is 31.0 Å². The van der Waals surface area contributed by atoms with E-state index in [0.29, 0.717) is 42.8 Å². The first kappa shape index (κ1) is 25.6. The summed E-state index contributed by atoms with van der Waals surface area (Å²) in [5.41, 5.74) is 1.42. The average Bonchev–Trinajstić information content (AvgIpc) is 3.43. The van der Waals surface area contributed by atoms with Crippen LogP contribution in [0.15, 0.2) is 46.0 Å².